The lowest BCUT2D eigenvalue weighted by atomic mass is 9.74. The molecule has 0 amide bonds. The van der Waals surface area contributed by atoms with E-state index in [4.69, 9.17) is 0 Å². The molecule has 1 heterocycles. The lowest BCUT2D eigenvalue weighted by molar-refractivity contribution is 0.186. The average Bonchev–Trinajstić information content (AvgIpc) is 3.21. The highest BCUT2D eigenvalue weighted by atomic mass is 16.3. The zero-order valence-electron chi connectivity index (χ0n) is 15.0. The topological polar surface area (TPSA) is 63.9 Å². The normalized spacial score (nSPS) is 15.1. The number of aromatic hydroxyl groups is 3. The second-order valence-electron chi connectivity index (χ2n) is 6.96. The van der Waals surface area contributed by atoms with E-state index in [1.807, 2.05) is 36.4 Å². The van der Waals surface area contributed by atoms with Gasteiger partial charge >= 0.3 is 0 Å². The van der Waals surface area contributed by atoms with Gasteiger partial charge < -0.3 is 15.3 Å². The van der Waals surface area contributed by atoms with Crippen LogP contribution in [0.3, 0.4) is 0 Å². The molecule has 1 aliphatic rings. The maximum Gasteiger partial charge on any atom is 0.121 e. The fraction of sp³-hybridized carbons (Fsp3) is 0.217. The predicted molar refractivity (Wildman–Crippen MR) is 105 cm³/mol. The molecule has 1 saturated heterocycles. The molecule has 0 atom stereocenters. The lowest BCUT2D eigenvalue weighted by Crippen LogP contribution is -2.46. The third-order valence-electron chi connectivity index (χ3n) is 5.46. The number of benzene rings is 3. The molecule has 27 heavy (non-hydrogen) atoms. The molecule has 4 nitrogen and oxygen atoms in total. The first-order valence-electron chi connectivity index (χ1n) is 9.26. The van der Waals surface area contributed by atoms with E-state index in [-0.39, 0.29) is 17.2 Å². The molecule has 0 saturated carbocycles. The number of hydrogen-bond acceptors (Lipinski definition) is 4. The number of likely N-dealkylation sites (tertiary alicyclic amines) is 1. The molecule has 0 radical (unpaired) electrons. The van der Waals surface area contributed by atoms with Crippen molar-refractivity contribution in [2.24, 2.45) is 0 Å². The molecule has 1 aliphatic heterocycles. The summed E-state index contributed by atoms with van der Waals surface area (Å²) in [5.74, 6) is 0.405. The molecule has 3 aromatic carbocycles. The van der Waals surface area contributed by atoms with E-state index in [0.29, 0.717) is 16.7 Å². The summed E-state index contributed by atoms with van der Waals surface area (Å²) < 4.78 is 0. The zero-order chi connectivity index (χ0) is 18.9. The predicted octanol–water partition coefficient (Wildman–Crippen LogP) is 4.19. The van der Waals surface area contributed by atoms with Crippen LogP contribution in [0.1, 0.15) is 29.5 Å². The molecule has 0 bridgehead atoms. The van der Waals surface area contributed by atoms with Crippen LogP contribution in [0, 0.1) is 0 Å². The number of nitrogens with zero attached hydrogens (tertiary/aromatic N) is 1. The van der Waals surface area contributed by atoms with Crippen molar-refractivity contribution in [1.29, 1.82) is 0 Å². The highest BCUT2D eigenvalue weighted by Crippen LogP contribution is 2.51. The molecule has 4 rings (SSSR count). The van der Waals surface area contributed by atoms with Crippen LogP contribution < -0.4 is 0 Å². The van der Waals surface area contributed by atoms with Crippen molar-refractivity contribution in [3.8, 4) is 17.2 Å². The van der Waals surface area contributed by atoms with E-state index >= 15 is 0 Å². The summed E-state index contributed by atoms with van der Waals surface area (Å²) in [5, 5.41) is 32.5. The van der Waals surface area contributed by atoms with Gasteiger partial charge in [-0.1, -0.05) is 54.6 Å². The van der Waals surface area contributed by atoms with Gasteiger partial charge in [-0.25, -0.2) is 0 Å². The van der Waals surface area contributed by atoms with E-state index in [1.54, 1.807) is 36.4 Å². The number of rotatable bonds is 4. The molecule has 0 aromatic heterocycles. The Morgan fingerprint density at radius 1 is 0.556 bits per heavy atom. The molecule has 138 valence electrons. The van der Waals surface area contributed by atoms with Gasteiger partial charge in [0.05, 0.1) is 0 Å². The minimum Gasteiger partial charge on any atom is -0.508 e. The van der Waals surface area contributed by atoms with Gasteiger partial charge in [0, 0.05) is 16.7 Å². The zero-order valence-corrected chi connectivity index (χ0v) is 15.0. The van der Waals surface area contributed by atoms with Gasteiger partial charge in [0.15, 0.2) is 0 Å². The van der Waals surface area contributed by atoms with Gasteiger partial charge in [0.25, 0.3) is 0 Å². The summed E-state index contributed by atoms with van der Waals surface area (Å²) >= 11 is 0. The lowest BCUT2D eigenvalue weighted by Gasteiger charge is -2.44. The van der Waals surface area contributed by atoms with Crippen LogP contribution in [-0.4, -0.2) is 33.3 Å². The van der Waals surface area contributed by atoms with Crippen LogP contribution in [0.5, 0.6) is 17.2 Å². The van der Waals surface area contributed by atoms with E-state index in [9.17, 15) is 15.3 Å². The second-order valence-corrected chi connectivity index (χ2v) is 6.96. The number of para-hydroxylation sites is 3. The van der Waals surface area contributed by atoms with E-state index in [2.05, 4.69) is 4.90 Å². The number of phenolic OH excluding ortho intramolecular Hbond substituents is 3. The molecule has 0 unspecified atom stereocenters. The Morgan fingerprint density at radius 3 is 1.22 bits per heavy atom. The molecule has 3 N–H and O–H groups in total. The van der Waals surface area contributed by atoms with Crippen LogP contribution in [-0.2, 0) is 5.54 Å². The smallest absolute Gasteiger partial charge is 0.121 e. The van der Waals surface area contributed by atoms with Gasteiger partial charge in [0.2, 0.25) is 0 Å². The Hall–Kier alpha value is -2.98. The monoisotopic (exact) mass is 361 g/mol. The van der Waals surface area contributed by atoms with Crippen LogP contribution in [0.4, 0.5) is 0 Å². The fourth-order valence-electron chi connectivity index (χ4n) is 4.34. The molecule has 4 heteroatoms. The Kier molecular flexibility index (Phi) is 4.50. The van der Waals surface area contributed by atoms with Crippen molar-refractivity contribution >= 4 is 0 Å². The SMILES string of the molecule is Oc1ccccc1C(c1ccccc1O)(c1ccccc1O)N1CCCC1. The van der Waals surface area contributed by atoms with E-state index < -0.39 is 5.54 Å². The number of phenols is 3. The minimum absolute atomic E-state index is 0.135. The molecular weight excluding hydrogens is 338 g/mol. The standard InChI is InChI=1S/C23H23NO3/c25-20-12-4-1-9-17(20)23(24-15-7-8-16-24,18-10-2-5-13-21(18)26)19-11-3-6-14-22(19)27/h1-6,9-14,25-27H,7-8,15-16H2. The van der Waals surface area contributed by atoms with Gasteiger partial charge in [-0.05, 0) is 44.1 Å². The van der Waals surface area contributed by atoms with Gasteiger partial charge in [0.1, 0.15) is 22.8 Å². The molecule has 0 spiro atoms. The van der Waals surface area contributed by atoms with Crippen molar-refractivity contribution in [2.75, 3.05) is 13.1 Å². The fourth-order valence-corrected chi connectivity index (χ4v) is 4.34. The van der Waals surface area contributed by atoms with E-state index in [1.165, 1.54) is 0 Å². The maximum atomic E-state index is 10.8. The van der Waals surface area contributed by atoms with Crippen molar-refractivity contribution in [2.45, 2.75) is 18.4 Å². The summed E-state index contributed by atoms with van der Waals surface area (Å²) in [7, 11) is 0. The van der Waals surface area contributed by atoms with Crippen LogP contribution in [0.2, 0.25) is 0 Å². The molecule has 1 fully saturated rings. The first-order chi connectivity index (χ1) is 13.2. The molecular formula is C23H23NO3. The minimum atomic E-state index is -0.988. The Bertz CT molecular complexity index is 837. The maximum absolute atomic E-state index is 10.8. The Morgan fingerprint density at radius 2 is 0.889 bits per heavy atom. The summed E-state index contributed by atoms with van der Waals surface area (Å²) in [4.78, 5) is 2.24. The van der Waals surface area contributed by atoms with Crippen molar-refractivity contribution < 1.29 is 15.3 Å². The third kappa shape index (κ3) is 2.73. The van der Waals surface area contributed by atoms with Crippen molar-refractivity contribution in [1.82, 2.24) is 4.90 Å². The molecule has 0 aliphatic carbocycles. The Balaban J connectivity index is 2.14. The highest BCUT2D eigenvalue weighted by molar-refractivity contribution is 5.60. The third-order valence-corrected chi connectivity index (χ3v) is 5.46. The summed E-state index contributed by atoms with van der Waals surface area (Å²) in [6, 6.07) is 21.5. The van der Waals surface area contributed by atoms with Crippen molar-refractivity contribution in [3.63, 3.8) is 0 Å². The van der Waals surface area contributed by atoms with E-state index in [0.717, 1.165) is 25.9 Å². The van der Waals surface area contributed by atoms with Crippen LogP contribution >= 0.6 is 0 Å². The summed E-state index contributed by atoms with van der Waals surface area (Å²) in [6.45, 7) is 1.61. The first kappa shape index (κ1) is 17.4. The number of hydrogen-bond donors (Lipinski definition) is 3. The second kappa shape index (κ2) is 6.97. The van der Waals surface area contributed by atoms with Crippen LogP contribution in [0.15, 0.2) is 72.8 Å². The summed E-state index contributed by atoms with van der Waals surface area (Å²) in [6.07, 6.45) is 2.05. The molecule has 3 aromatic rings. The van der Waals surface area contributed by atoms with Crippen molar-refractivity contribution in [3.05, 3.63) is 89.5 Å². The van der Waals surface area contributed by atoms with Gasteiger partial charge in [-0.15, -0.1) is 0 Å². The highest BCUT2D eigenvalue weighted by Gasteiger charge is 2.47. The quantitative estimate of drug-likeness (QED) is 0.610. The summed E-state index contributed by atoms with van der Waals surface area (Å²) in [5.41, 5.74) is 0.957. The average molecular weight is 361 g/mol. The first-order valence-corrected chi connectivity index (χ1v) is 9.26. The van der Waals surface area contributed by atoms with Crippen LogP contribution in [0.25, 0.3) is 0 Å². The van der Waals surface area contributed by atoms with Gasteiger partial charge in [-0.2, -0.15) is 0 Å². The largest absolute Gasteiger partial charge is 0.508 e. The Labute approximate surface area is 159 Å². The van der Waals surface area contributed by atoms with Gasteiger partial charge in [-0.3, -0.25) is 4.90 Å².